The number of hydrogen-bond acceptors (Lipinski definition) is 2. The van der Waals surface area contributed by atoms with Gasteiger partial charge >= 0.3 is 0 Å². The average Bonchev–Trinajstić information content (AvgIpc) is 2.45. The second-order valence-electron chi connectivity index (χ2n) is 4.53. The van der Waals surface area contributed by atoms with E-state index in [1.807, 2.05) is 19.1 Å². The van der Waals surface area contributed by atoms with E-state index in [2.05, 4.69) is 15.9 Å². The van der Waals surface area contributed by atoms with E-state index in [-0.39, 0.29) is 5.78 Å². The number of aryl methyl sites for hydroxylation is 1. The van der Waals surface area contributed by atoms with Gasteiger partial charge in [-0.25, -0.2) is 0 Å². The molecule has 2 rings (SSSR count). The molecule has 0 aromatic heterocycles. The maximum Gasteiger partial charge on any atom is 0.184 e. The van der Waals surface area contributed by atoms with Crippen LogP contribution in [-0.2, 0) is 0 Å². The predicted octanol–water partition coefficient (Wildman–Crippen LogP) is 5.55. The van der Waals surface area contributed by atoms with E-state index in [0.717, 1.165) is 10.0 Å². The number of carbonyl (C=O) groups is 1. The Morgan fingerprint density at radius 3 is 2.38 bits per heavy atom. The van der Waals surface area contributed by atoms with Crippen molar-refractivity contribution < 1.29 is 4.79 Å². The van der Waals surface area contributed by atoms with Crippen molar-refractivity contribution in [3.05, 3.63) is 67.6 Å². The topological polar surface area (TPSA) is 40.9 Å². The maximum atomic E-state index is 12.6. The molecular weight excluding hydrogens is 373 g/mol. The van der Waals surface area contributed by atoms with Crippen LogP contribution in [-0.4, -0.2) is 5.78 Å². The van der Waals surface area contributed by atoms with Crippen molar-refractivity contribution >= 4 is 44.9 Å². The minimum Gasteiger partial charge on any atom is -0.292 e. The summed E-state index contributed by atoms with van der Waals surface area (Å²) in [4.78, 5) is 12.6. The average molecular weight is 383 g/mol. The number of benzene rings is 2. The molecule has 2 aromatic carbocycles. The monoisotopic (exact) mass is 381 g/mol. The van der Waals surface area contributed by atoms with E-state index < -0.39 is 5.92 Å². The van der Waals surface area contributed by atoms with Gasteiger partial charge in [0.05, 0.1) is 6.07 Å². The van der Waals surface area contributed by atoms with Gasteiger partial charge in [0, 0.05) is 25.6 Å². The van der Waals surface area contributed by atoms with Gasteiger partial charge in [0.1, 0.15) is 5.92 Å². The fraction of sp³-hybridized carbons (Fsp3) is 0.125. The molecule has 21 heavy (non-hydrogen) atoms. The Hall–Kier alpha value is -1.34. The van der Waals surface area contributed by atoms with Gasteiger partial charge in [-0.1, -0.05) is 57.3 Å². The molecular formula is C16H10BrCl2NO. The Morgan fingerprint density at radius 1 is 1.24 bits per heavy atom. The number of ketones is 1. The van der Waals surface area contributed by atoms with Gasteiger partial charge in [0.2, 0.25) is 0 Å². The SMILES string of the molecule is Cc1ccc(C(=O)C(C#N)c2c(Cl)cccc2Cl)cc1Br. The molecule has 1 unspecified atom stereocenters. The third-order valence-corrected chi connectivity index (χ3v) is 4.65. The summed E-state index contributed by atoms with van der Waals surface area (Å²) in [7, 11) is 0. The van der Waals surface area contributed by atoms with Crippen molar-refractivity contribution in [3.63, 3.8) is 0 Å². The van der Waals surface area contributed by atoms with Gasteiger partial charge < -0.3 is 0 Å². The first-order valence-electron chi connectivity index (χ1n) is 6.09. The molecule has 0 N–H and O–H groups in total. The molecule has 0 saturated carbocycles. The van der Waals surface area contributed by atoms with Crippen molar-refractivity contribution in [1.29, 1.82) is 5.26 Å². The summed E-state index contributed by atoms with van der Waals surface area (Å²) in [6.07, 6.45) is 0. The number of hydrogen-bond donors (Lipinski definition) is 0. The standard InChI is InChI=1S/C16H10BrCl2NO/c1-9-5-6-10(7-12(9)17)16(21)11(8-20)15-13(18)3-2-4-14(15)19/h2-7,11H,1H3. The lowest BCUT2D eigenvalue weighted by atomic mass is 9.91. The number of Topliss-reactive ketones (excluding diaryl/α,β-unsaturated/α-hetero) is 1. The third kappa shape index (κ3) is 3.29. The largest absolute Gasteiger partial charge is 0.292 e. The number of nitriles is 1. The van der Waals surface area contributed by atoms with Gasteiger partial charge in [0.15, 0.2) is 5.78 Å². The lowest BCUT2D eigenvalue weighted by molar-refractivity contribution is 0.0979. The van der Waals surface area contributed by atoms with Crippen LogP contribution in [0.3, 0.4) is 0 Å². The highest BCUT2D eigenvalue weighted by Crippen LogP contribution is 2.33. The predicted molar refractivity (Wildman–Crippen MR) is 88.0 cm³/mol. The van der Waals surface area contributed by atoms with Gasteiger partial charge in [0.25, 0.3) is 0 Å². The summed E-state index contributed by atoms with van der Waals surface area (Å²) in [5.74, 6) is -1.35. The number of nitrogens with zero attached hydrogens (tertiary/aromatic N) is 1. The van der Waals surface area contributed by atoms with E-state index in [1.54, 1.807) is 30.3 Å². The van der Waals surface area contributed by atoms with Crippen LogP contribution >= 0.6 is 39.1 Å². The van der Waals surface area contributed by atoms with Crippen LogP contribution < -0.4 is 0 Å². The quantitative estimate of drug-likeness (QED) is 0.652. The molecule has 0 fully saturated rings. The zero-order chi connectivity index (χ0) is 15.6. The summed E-state index contributed by atoms with van der Waals surface area (Å²) in [6.45, 7) is 1.92. The summed E-state index contributed by atoms with van der Waals surface area (Å²) < 4.78 is 0.815. The van der Waals surface area contributed by atoms with Crippen molar-refractivity contribution in [2.45, 2.75) is 12.8 Å². The van der Waals surface area contributed by atoms with Gasteiger partial charge in [-0.05, 0) is 30.7 Å². The van der Waals surface area contributed by atoms with Crippen molar-refractivity contribution in [1.82, 2.24) is 0 Å². The number of rotatable bonds is 3. The zero-order valence-electron chi connectivity index (χ0n) is 11.0. The highest BCUT2D eigenvalue weighted by atomic mass is 79.9. The summed E-state index contributed by atoms with van der Waals surface area (Å²) >= 11 is 15.6. The molecule has 1 atom stereocenters. The van der Waals surface area contributed by atoms with Crippen molar-refractivity contribution in [2.75, 3.05) is 0 Å². The molecule has 0 heterocycles. The van der Waals surface area contributed by atoms with E-state index in [1.165, 1.54) is 0 Å². The lowest BCUT2D eigenvalue weighted by Crippen LogP contribution is -2.12. The molecule has 106 valence electrons. The lowest BCUT2D eigenvalue weighted by Gasteiger charge is -2.13. The van der Waals surface area contributed by atoms with Crippen LogP contribution in [0.1, 0.15) is 27.4 Å². The number of carbonyl (C=O) groups excluding carboxylic acids is 1. The first kappa shape index (κ1) is 16.0. The molecule has 0 aliphatic carbocycles. The zero-order valence-corrected chi connectivity index (χ0v) is 14.1. The van der Waals surface area contributed by atoms with Crippen LogP contribution in [0.15, 0.2) is 40.9 Å². The third-order valence-electron chi connectivity index (χ3n) is 3.14. The molecule has 2 aromatic rings. The Kier molecular flexibility index (Phi) is 5.05. The number of halogens is 3. The van der Waals surface area contributed by atoms with E-state index >= 15 is 0 Å². The Balaban J connectivity index is 2.49. The van der Waals surface area contributed by atoms with Crippen molar-refractivity contribution in [3.8, 4) is 6.07 Å². The second-order valence-corrected chi connectivity index (χ2v) is 6.19. The van der Waals surface area contributed by atoms with Crippen LogP contribution in [0.25, 0.3) is 0 Å². The highest BCUT2D eigenvalue weighted by molar-refractivity contribution is 9.10. The molecule has 5 heteroatoms. The van der Waals surface area contributed by atoms with Crippen LogP contribution in [0.4, 0.5) is 0 Å². The molecule has 0 radical (unpaired) electrons. The van der Waals surface area contributed by atoms with Gasteiger partial charge in [-0.2, -0.15) is 5.26 Å². The van der Waals surface area contributed by atoms with Crippen LogP contribution in [0.2, 0.25) is 10.0 Å². The van der Waals surface area contributed by atoms with Crippen LogP contribution in [0.5, 0.6) is 0 Å². The maximum absolute atomic E-state index is 12.6. The molecule has 0 saturated heterocycles. The highest BCUT2D eigenvalue weighted by Gasteiger charge is 2.26. The first-order chi connectivity index (χ1) is 9.95. The van der Waals surface area contributed by atoms with Crippen LogP contribution in [0, 0.1) is 18.3 Å². The molecule has 0 aliphatic heterocycles. The van der Waals surface area contributed by atoms with Gasteiger partial charge in [-0.3, -0.25) is 4.79 Å². The summed E-state index contributed by atoms with van der Waals surface area (Å²) in [5.41, 5.74) is 1.80. The minimum absolute atomic E-state index is 0.313. The minimum atomic E-state index is -1.03. The fourth-order valence-corrected chi connectivity index (χ4v) is 2.95. The molecule has 0 bridgehead atoms. The Bertz CT molecular complexity index is 732. The normalized spacial score (nSPS) is 11.8. The first-order valence-corrected chi connectivity index (χ1v) is 7.64. The molecule has 0 spiro atoms. The smallest absolute Gasteiger partial charge is 0.184 e. The van der Waals surface area contributed by atoms with Gasteiger partial charge in [-0.15, -0.1) is 0 Å². The molecule has 2 nitrogen and oxygen atoms in total. The molecule has 0 amide bonds. The summed E-state index contributed by atoms with van der Waals surface area (Å²) in [5, 5.41) is 10.0. The molecule has 0 aliphatic rings. The fourth-order valence-electron chi connectivity index (χ4n) is 1.95. The van der Waals surface area contributed by atoms with E-state index in [0.29, 0.717) is 21.2 Å². The Morgan fingerprint density at radius 2 is 1.86 bits per heavy atom. The Labute approximate surface area is 141 Å². The summed E-state index contributed by atoms with van der Waals surface area (Å²) in [6, 6.07) is 12.1. The second kappa shape index (κ2) is 6.62. The van der Waals surface area contributed by atoms with E-state index in [9.17, 15) is 10.1 Å². The van der Waals surface area contributed by atoms with Crippen molar-refractivity contribution in [2.24, 2.45) is 0 Å². The van der Waals surface area contributed by atoms with E-state index in [4.69, 9.17) is 23.2 Å².